The number of hydrogen-bond donors (Lipinski definition) is 1. The van der Waals surface area contributed by atoms with Crippen molar-refractivity contribution in [1.82, 2.24) is 5.32 Å². The third kappa shape index (κ3) is 4.03. The van der Waals surface area contributed by atoms with Gasteiger partial charge in [-0.25, -0.2) is 8.78 Å². The lowest BCUT2D eigenvalue weighted by atomic mass is 9.66. The van der Waals surface area contributed by atoms with Crippen molar-refractivity contribution in [2.75, 3.05) is 6.54 Å². The monoisotopic (exact) mass is 295 g/mol. The third-order valence-corrected chi connectivity index (χ3v) is 4.69. The summed E-state index contributed by atoms with van der Waals surface area (Å²) in [4.78, 5) is 0. The fourth-order valence-electron chi connectivity index (χ4n) is 3.21. The van der Waals surface area contributed by atoms with E-state index in [0.29, 0.717) is 11.5 Å². The number of benzene rings is 1. The zero-order chi connectivity index (χ0) is 15.7. The summed E-state index contributed by atoms with van der Waals surface area (Å²) in [6.45, 7) is 9.35. The lowest BCUT2D eigenvalue weighted by molar-refractivity contribution is 0.212. The van der Waals surface area contributed by atoms with Gasteiger partial charge in [0.2, 0.25) is 0 Å². The lowest BCUT2D eigenvalue weighted by Gasteiger charge is -2.42. The maximum Gasteiger partial charge on any atom is 0.129 e. The van der Waals surface area contributed by atoms with Crippen LogP contribution in [0.15, 0.2) is 18.2 Å². The molecule has 118 valence electrons. The average Bonchev–Trinajstić information content (AvgIpc) is 2.38. The molecule has 0 unspecified atom stereocenters. The maximum atomic E-state index is 14.3. The quantitative estimate of drug-likeness (QED) is 0.844. The zero-order valence-corrected chi connectivity index (χ0v) is 13.6. The van der Waals surface area contributed by atoms with Crippen LogP contribution in [0.1, 0.15) is 58.9 Å². The van der Waals surface area contributed by atoms with E-state index in [1.165, 1.54) is 6.07 Å². The first-order valence-corrected chi connectivity index (χ1v) is 7.92. The minimum Gasteiger partial charge on any atom is -0.311 e. The Hall–Kier alpha value is -0.960. The molecule has 0 atom stereocenters. The Kier molecular flexibility index (Phi) is 4.72. The highest BCUT2D eigenvalue weighted by molar-refractivity contribution is 5.29. The van der Waals surface area contributed by atoms with Crippen LogP contribution in [0, 0.1) is 17.6 Å². The highest BCUT2D eigenvalue weighted by Crippen LogP contribution is 2.42. The van der Waals surface area contributed by atoms with Crippen LogP contribution >= 0.6 is 0 Å². The molecule has 0 heterocycles. The van der Waals surface area contributed by atoms with Crippen molar-refractivity contribution in [2.24, 2.45) is 5.92 Å². The summed E-state index contributed by atoms with van der Waals surface area (Å²) in [5.41, 5.74) is 0.456. The molecule has 0 amide bonds. The molecule has 1 nitrogen and oxygen atoms in total. The van der Waals surface area contributed by atoms with Crippen molar-refractivity contribution in [2.45, 2.75) is 64.3 Å². The Morgan fingerprint density at radius 2 is 1.81 bits per heavy atom. The van der Waals surface area contributed by atoms with Crippen molar-refractivity contribution in [3.63, 3.8) is 0 Å². The zero-order valence-electron chi connectivity index (χ0n) is 13.6. The lowest BCUT2D eigenvalue weighted by Crippen LogP contribution is -2.48. The van der Waals surface area contributed by atoms with Crippen LogP contribution in [-0.2, 0) is 5.41 Å². The van der Waals surface area contributed by atoms with Crippen LogP contribution in [0.2, 0.25) is 0 Å². The summed E-state index contributed by atoms with van der Waals surface area (Å²) in [6.07, 6.45) is 4.12. The van der Waals surface area contributed by atoms with Gasteiger partial charge in [-0.1, -0.05) is 13.0 Å². The summed E-state index contributed by atoms with van der Waals surface area (Å²) in [7, 11) is 0. The molecular weight excluding hydrogens is 268 g/mol. The highest BCUT2D eigenvalue weighted by atomic mass is 19.1. The minimum atomic E-state index is -0.501. The van der Waals surface area contributed by atoms with Gasteiger partial charge in [0.15, 0.2) is 0 Å². The first-order valence-electron chi connectivity index (χ1n) is 7.92. The summed E-state index contributed by atoms with van der Waals surface area (Å²) in [6, 6.07) is 4.05. The van der Waals surface area contributed by atoms with E-state index >= 15 is 0 Å². The second-order valence-corrected chi connectivity index (χ2v) is 7.69. The Morgan fingerprint density at radius 3 is 2.33 bits per heavy atom. The number of hydrogen-bond acceptors (Lipinski definition) is 1. The Bertz CT molecular complexity index is 482. The summed E-state index contributed by atoms with van der Waals surface area (Å²) in [5, 5.41) is 3.53. The van der Waals surface area contributed by atoms with E-state index < -0.39 is 11.6 Å². The predicted molar refractivity (Wildman–Crippen MR) is 83.4 cm³/mol. The topological polar surface area (TPSA) is 12.0 Å². The molecule has 0 spiro atoms. The van der Waals surface area contributed by atoms with Gasteiger partial charge in [0.1, 0.15) is 11.6 Å². The van der Waals surface area contributed by atoms with Crippen LogP contribution in [0.3, 0.4) is 0 Å². The SMILES string of the molecule is CC1CCC(CNC(C)(C)C)(c2ccc(F)cc2F)CC1. The van der Waals surface area contributed by atoms with Gasteiger partial charge in [-0.05, 0) is 64.0 Å². The van der Waals surface area contributed by atoms with E-state index in [0.717, 1.165) is 38.3 Å². The van der Waals surface area contributed by atoms with Gasteiger partial charge in [0.25, 0.3) is 0 Å². The smallest absolute Gasteiger partial charge is 0.129 e. The number of nitrogens with one attached hydrogen (secondary N) is 1. The van der Waals surface area contributed by atoms with Crippen LogP contribution in [0.25, 0.3) is 0 Å². The van der Waals surface area contributed by atoms with Gasteiger partial charge in [0.05, 0.1) is 0 Å². The second-order valence-electron chi connectivity index (χ2n) is 7.69. The molecule has 0 bridgehead atoms. The maximum absolute atomic E-state index is 14.3. The van der Waals surface area contributed by atoms with E-state index in [1.807, 2.05) is 0 Å². The minimum absolute atomic E-state index is 0.00737. The van der Waals surface area contributed by atoms with Gasteiger partial charge in [0, 0.05) is 23.6 Å². The third-order valence-electron chi connectivity index (χ3n) is 4.69. The molecule has 0 radical (unpaired) electrons. The van der Waals surface area contributed by atoms with Gasteiger partial charge in [-0.3, -0.25) is 0 Å². The van der Waals surface area contributed by atoms with Crippen molar-refractivity contribution >= 4 is 0 Å². The van der Waals surface area contributed by atoms with Crippen molar-refractivity contribution < 1.29 is 8.78 Å². The predicted octanol–water partition coefficient (Wildman–Crippen LogP) is 4.80. The van der Waals surface area contributed by atoms with Gasteiger partial charge >= 0.3 is 0 Å². The Labute approximate surface area is 127 Å². The number of rotatable bonds is 3. The second kappa shape index (κ2) is 6.04. The first-order chi connectivity index (χ1) is 9.72. The average molecular weight is 295 g/mol. The molecular formula is C18H27F2N. The first kappa shape index (κ1) is 16.4. The van der Waals surface area contributed by atoms with Gasteiger partial charge in [-0.15, -0.1) is 0 Å². The summed E-state index contributed by atoms with van der Waals surface area (Å²) >= 11 is 0. The van der Waals surface area contributed by atoms with Gasteiger partial charge < -0.3 is 5.32 Å². The van der Waals surface area contributed by atoms with E-state index in [4.69, 9.17) is 0 Å². The molecule has 1 fully saturated rings. The van der Waals surface area contributed by atoms with Crippen LogP contribution < -0.4 is 5.32 Å². The molecule has 2 rings (SSSR count). The summed E-state index contributed by atoms with van der Waals surface area (Å²) in [5.74, 6) is -0.212. The normalized spacial score (nSPS) is 26.9. The Balaban J connectivity index is 2.31. The van der Waals surface area contributed by atoms with Gasteiger partial charge in [-0.2, -0.15) is 0 Å². The molecule has 1 aromatic carbocycles. The highest BCUT2D eigenvalue weighted by Gasteiger charge is 2.38. The molecule has 1 N–H and O–H groups in total. The molecule has 1 aliphatic rings. The van der Waals surface area contributed by atoms with Crippen molar-refractivity contribution in [1.29, 1.82) is 0 Å². The molecule has 1 aromatic rings. The molecule has 3 heteroatoms. The standard InChI is InChI=1S/C18H27F2N/c1-13-7-9-18(10-8-13,12-21-17(2,3)4)15-6-5-14(19)11-16(15)20/h5-6,11,13,21H,7-10,12H2,1-4H3. The fraction of sp³-hybridized carbons (Fsp3) is 0.667. The van der Waals surface area contributed by atoms with E-state index in [9.17, 15) is 8.78 Å². The van der Waals surface area contributed by atoms with E-state index in [-0.39, 0.29) is 11.0 Å². The molecule has 1 aliphatic carbocycles. The molecule has 1 saturated carbocycles. The van der Waals surface area contributed by atoms with Crippen molar-refractivity contribution in [3.8, 4) is 0 Å². The molecule has 0 aromatic heterocycles. The summed E-state index contributed by atoms with van der Waals surface area (Å²) < 4.78 is 27.6. The largest absolute Gasteiger partial charge is 0.311 e. The van der Waals surface area contributed by atoms with Crippen LogP contribution in [-0.4, -0.2) is 12.1 Å². The van der Waals surface area contributed by atoms with Crippen LogP contribution in [0.4, 0.5) is 8.78 Å². The van der Waals surface area contributed by atoms with Crippen LogP contribution in [0.5, 0.6) is 0 Å². The van der Waals surface area contributed by atoms with E-state index in [1.54, 1.807) is 6.07 Å². The molecule has 0 saturated heterocycles. The van der Waals surface area contributed by atoms with Crippen molar-refractivity contribution in [3.05, 3.63) is 35.4 Å². The molecule has 0 aliphatic heterocycles. The fourth-order valence-corrected chi connectivity index (χ4v) is 3.21. The number of halogens is 2. The molecule has 21 heavy (non-hydrogen) atoms. The van der Waals surface area contributed by atoms with E-state index in [2.05, 4.69) is 33.0 Å². The Morgan fingerprint density at radius 1 is 1.19 bits per heavy atom.